The molecular formula is C10H8N4. The molecule has 0 fully saturated rings. The molecule has 2 aromatic rings. The van der Waals surface area contributed by atoms with Gasteiger partial charge in [0, 0.05) is 0 Å². The van der Waals surface area contributed by atoms with E-state index in [2.05, 4.69) is 15.3 Å². The summed E-state index contributed by atoms with van der Waals surface area (Å²) in [5, 5.41) is 11.2. The lowest BCUT2D eigenvalue weighted by Gasteiger charge is -2.01. The fourth-order valence-electron chi connectivity index (χ4n) is 1.17. The van der Waals surface area contributed by atoms with Gasteiger partial charge in [0.2, 0.25) is 0 Å². The molecule has 14 heavy (non-hydrogen) atoms. The second-order valence-electron chi connectivity index (χ2n) is 2.76. The van der Waals surface area contributed by atoms with E-state index in [1.165, 1.54) is 0 Å². The molecule has 2 rings (SSSR count). The van der Waals surface area contributed by atoms with Crippen molar-refractivity contribution in [1.29, 1.82) is 5.26 Å². The second kappa shape index (κ2) is 3.71. The van der Waals surface area contributed by atoms with Crippen LogP contribution >= 0.6 is 0 Å². The minimum absolute atomic E-state index is 0.243. The summed E-state index contributed by atoms with van der Waals surface area (Å²) < 4.78 is 0. The molecule has 4 nitrogen and oxygen atoms in total. The smallest absolute Gasteiger partial charge is 0.146 e. The maximum atomic E-state index is 8.38. The highest BCUT2D eigenvalue weighted by molar-refractivity contribution is 5.75. The summed E-state index contributed by atoms with van der Waals surface area (Å²) in [7, 11) is 0. The van der Waals surface area contributed by atoms with Gasteiger partial charge in [0.25, 0.3) is 0 Å². The molecule has 0 spiro atoms. The molecule has 0 aliphatic heterocycles. The lowest BCUT2D eigenvalue weighted by Crippen LogP contribution is -2.01. The maximum absolute atomic E-state index is 8.38. The quantitative estimate of drug-likeness (QED) is 0.719. The zero-order valence-corrected chi connectivity index (χ0v) is 7.44. The summed E-state index contributed by atoms with van der Waals surface area (Å²) in [6.45, 7) is 0.243. The van der Waals surface area contributed by atoms with Crippen LogP contribution in [-0.4, -0.2) is 16.5 Å². The van der Waals surface area contributed by atoms with Gasteiger partial charge in [-0.3, -0.25) is 4.98 Å². The topological polar surface area (TPSA) is 61.6 Å². The number of benzene rings is 1. The van der Waals surface area contributed by atoms with Crippen LogP contribution in [0.5, 0.6) is 0 Å². The number of para-hydroxylation sites is 2. The number of aromatic nitrogens is 2. The van der Waals surface area contributed by atoms with Gasteiger partial charge in [0.15, 0.2) is 0 Å². The van der Waals surface area contributed by atoms with Crippen molar-refractivity contribution in [2.75, 3.05) is 11.9 Å². The third-order valence-corrected chi connectivity index (χ3v) is 1.80. The molecule has 0 amide bonds. The summed E-state index contributed by atoms with van der Waals surface area (Å²) in [6.07, 6.45) is 1.62. The molecule has 1 heterocycles. The standard InChI is InChI=1S/C10H8N4/c11-5-6-12-10-7-13-8-3-1-2-4-9(8)14-10/h1-4,7H,6H2,(H,12,14). The first-order valence-corrected chi connectivity index (χ1v) is 4.23. The van der Waals surface area contributed by atoms with Crippen LogP contribution in [0.1, 0.15) is 0 Å². The maximum Gasteiger partial charge on any atom is 0.146 e. The van der Waals surface area contributed by atoms with Crippen LogP contribution in [0.3, 0.4) is 0 Å². The number of fused-ring (bicyclic) bond motifs is 1. The Kier molecular flexibility index (Phi) is 2.24. The number of hydrogen-bond acceptors (Lipinski definition) is 4. The summed E-state index contributed by atoms with van der Waals surface area (Å²) in [5.74, 6) is 0.630. The molecular weight excluding hydrogens is 176 g/mol. The Bertz CT molecular complexity index is 487. The van der Waals surface area contributed by atoms with Crippen molar-refractivity contribution in [3.05, 3.63) is 30.5 Å². The second-order valence-corrected chi connectivity index (χ2v) is 2.76. The van der Waals surface area contributed by atoms with Crippen LogP contribution < -0.4 is 5.32 Å². The molecule has 0 atom stereocenters. The van der Waals surface area contributed by atoms with Crippen LogP contribution in [0, 0.1) is 11.3 Å². The Hall–Kier alpha value is -2.15. The van der Waals surface area contributed by atoms with E-state index in [0.29, 0.717) is 5.82 Å². The monoisotopic (exact) mass is 184 g/mol. The highest BCUT2D eigenvalue weighted by Crippen LogP contribution is 2.10. The Balaban J connectivity index is 2.37. The predicted octanol–water partition coefficient (Wildman–Crippen LogP) is 1.57. The van der Waals surface area contributed by atoms with Gasteiger partial charge in [-0.05, 0) is 12.1 Å². The first-order valence-electron chi connectivity index (χ1n) is 4.23. The van der Waals surface area contributed by atoms with Gasteiger partial charge in [0.1, 0.15) is 12.4 Å². The van der Waals surface area contributed by atoms with Crippen molar-refractivity contribution in [2.45, 2.75) is 0 Å². The molecule has 0 bridgehead atoms. The molecule has 0 unspecified atom stereocenters. The third kappa shape index (κ3) is 1.62. The number of nitrogens with one attached hydrogen (secondary N) is 1. The van der Waals surface area contributed by atoms with Gasteiger partial charge in [-0.25, -0.2) is 4.98 Å². The Morgan fingerprint density at radius 1 is 1.29 bits per heavy atom. The van der Waals surface area contributed by atoms with Crippen LogP contribution in [0.2, 0.25) is 0 Å². The highest BCUT2D eigenvalue weighted by atomic mass is 15.0. The van der Waals surface area contributed by atoms with E-state index in [1.54, 1.807) is 6.20 Å². The Morgan fingerprint density at radius 2 is 2.07 bits per heavy atom. The molecule has 1 N–H and O–H groups in total. The average molecular weight is 184 g/mol. The summed E-state index contributed by atoms with van der Waals surface area (Å²) in [5.41, 5.74) is 1.69. The zero-order chi connectivity index (χ0) is 9.80. The average Bonchev–Trinajstić information content (AvgIpc) is 2.26. The minimum Gasteiger partial charge on any atom is -0.356 e. The highest BCUT2D eigenvalue weighted by Gasteiger charge is 1.96. The first kappa shape index (κ1) is 8.45. The molecule has 0 aliphatic carbocycles. The number of anilines is 1. The SMILES string of the molecule is N#CCNc1cnc2ccccc2n1. The Labute approximate surface area is 81.2 Å². The normalized spacial score (nSPS) is 9.64. The van der Waals surface area contributed by atoms with Crippen molar-refractivity contribution >= 4 is 16.9 Å². The molecule has 1 aromatic heterocycles. The fraction of sp³-hybridized carbons (Fsp3) is 0.100. The molecule has 0 aliphatic rings. The summed E-state index contributed by atoms with van der Waals surface area (Å²) in [4.78, 5) is 8.49. The first-order chi connectivity index (χ1) is 6.90. The molecule has 0 saturated carbocycles. The van der Waals surface area contributed by atoms with Crippen LogP contribution in [0.15, 0.2) is 30.5 Å². The summed E-state index contributed by atoms with van der Waals surface area (Å²) in [6, 6.07) is 9.60. The number of nitriles is 1. The molecule has 4 heteroatoms. The van der Waals surface area contributed by atoms with Crippen LogP contribution in [-0.2, 0) is 0 Å². The van der Waals surface area contributed by atoms with E-state index >= 15 is 0 Å². The van der Waals surface area contributed by atoms with Gasteiger partial charge in [-0.2, -0.15) is 5.26 Å². The van der Waals surface area contributed by atoms with Gasteiger partial charge in [-0.15, -0.1) is 0 Å². The predicted molar refractivity (Wildman–Crippen MR) is 53.6 cm³/mol. The van der Waals surface area contributed by atoms with Crippen molar-refractivity contribution in [3.8, 4) is 6.07 Å². The zero-order valence-electron chi connectivity index (χ0n) is 7.44. The largest absolute Gasteiger partial charge is 0.356 e. The molecule has 0 saturated heterocycles. The van der Waals surface area contributed by atoms with Crippen LogP contribution in [0.4, 0.5) is 5.82 Å². The third-order valence-electron chi connectivity index (χ3n) is 1.80. The van der Waals surface area contributed by atoms with Gasteiger partial charge < -0.3 is 5.32 Å². The Morgan fingerprint density at radius 3 is 2.86 bits per heavy atom. The van der Waals surface area contributed by atoms with E-state index < -0.39 is 0 Å². The molecule has 68 valence electrons. The van der Waals surface area contributed by atoms with Gasteiger partial charge in [0.05, 0.1) is 23.3 Å². The van der Waals surface area contributed by atoms with E-state index in [4.69, 9.17) is 5.26 Å². The van der Waals surface area contributed by atoms with E-state index in [1.807, 2.05) is 30.3 Å². The molecule has 1 aromatic carbocycles. The minimum atomic E-state index is 0.243. The van der Waals surface area contributed by atoms with E-state index in [9.17, 15) is 0 Å². The van der Waals surface area contributed by atoms with E-state index in [-0.39, 0.29) is 6.54 Å². The number of rotatable bonds is 2. The van der Waals surface area contributed by atoms with Crippen molar-refractivity contribution in [3.63, 3.8) is 0 Å². The van der Waals surface area contributed by atoms with Gasteiger partial charge >= 0.3 is 0 Å². The van der Waals surface area contributed by atoms with Gasteiger partial charge in [-0.1, -0.05) is 12.1 Å². The lowest BCUT2D eigenvalue weighted by atomic mass is 10.3. The van der Waals surface area contributed by atoms with Crippen molar-refractivity contribution in [1.82, 2.24) is 9.97 Å². The van der Waals surface area contributed by atoms with E-state index in [0.717, 1.165) is 11.0 Å². The summed E-state index contributed by atoms with van der Waals surface area (Å²) >= 11 is 0. The lowest BCUT2D eigenvalue weighted by molar-refractivity contribution is 1.21. The fourth-order valence-corrected chi connectivity index (χ4v) is 1.17. The van der Waals surface area contributed by atoms with Crippen molar-refractivity contribution < 1.29 is 0 Å². The number of hydrogen-bond donors (Lipinski definition) is 1. The number of nitrogens with zero attached hydrogens (tertiary/aromatic N) is 3. The molecule has 0 radical (unpaired) electrons. The van der Waals surface area contributed by atoms with Crippen LogP contribution in [0.25, 0.3) is 11.0 Å². The van der Waals surface area contributed by atoms with Crippen molar-refractivity contribution in [2.24, 2.45) is 0 Å².